The molecule has 8 heteroatoms. The van der Waals surface area contributed by atoms with Crippen LogP contribution in [-0.4, -0.2) is 30.9 Å². The topological polar surface area (TPSA) is 66.8 Å². The van der Waals surface area contributed by atoms with Gasteiger partial charge in [0.2, 0.25) is 0 Å². The van der Waals surface area contributed by atoms with Crippen molar-refractivity contribution in [3.05, 3.63) is 57.1 Å². The summed E-state index contributed by atoms with van der Waals surface area (Å²) < 4.78 is 29.2. The Hall–Kier alpha value is -1.90. The highest BCUT2D eigenvalue weighted by Gasteiger charge is 2.34. The van der Waals surface area contributed by atoms with Crippen LogP contribution in [0, 0.1) is 0 Å². The average Bonchev–Trinajstić information content (AvgIpc) is 3.23. The fourth-order valence-electron chi connectivity index (χ4n) is 2.41. The minimum absolute atomic E-state index is 0.127. The normalized spacial score (nSPS) is 18.2. The predicted octanol–water partition coefficient (Wildman–Crippen LogP) is 3.99. The molecule has 0 unspecified atom stereocenters. The van der Waals surface area contributed by atoms with Crippen LogP contribution in [-0.2, 0) is 21.2 Å². The highest BCUT2D eigenvalue weighted by atomic mass is 32.2. The molecule has 3 rings (SSSR count). The minimum Gasteiger partial charge on any atom is -0.286 e. The molecule has 1 aliphatic heterocycles. The third-order valence-corrected chi connectivity index (χ3v) is 7.07. The smallest absolute Gasteiger partial charge is 0.284 e. The maximum atomic E-state index is 12.6. The molecule has 1 amide bonds. The number of amides is 1. The Balaban J connectivity index is 1.94. The summed E-state index contributed by atoms with van der Waals surface area (Å²) in [5.41, 5.74) is 1.05. The molecule has 1 fully saturated rings. The van der Waals surface area contributed by atoms with Gasteiger partial charge in [-0.1, -0.05) is 25.1 Å². The molecule has 136 valence electrons. The third-order valence-electron chi connectivity index (χ3n) is 3.85. The molecule has 1 saturated heterocycles. The van der Waals surface area contributed by atoms with E-state index in [1.54, 1.807) is 37.3 Å². The summed E-state index contributed by atoms with van der Waals surface area (Å²) >= 11 is 2.61. The number of hydrogen-bond donors (Lipinski definition) is 0. The summed E-state index contributed by atoms with van der Waals surface area (Å²) in [4.78, 5) is 15.5. The van der Waals surface area contributed by atoms with Crippen LogP contribution in [0.25, 0.3) is 6.08 Å². The zero-order valence-corrected chi connectivity index (χ0v) is 16.8. The maximum Gasteiger partial charge on any atom is 0.284 e. The van der Waals surface area contributed by atoms with Crippen molar-refractivity contribution in [2.24, 2.45) is 4.40 Å². The number of nitrogens with zero attached hydrogens (tertiary/aromatic N) is 2. The van der Waals surface area contributed by atoms with E-state index in [4.69, 9.17) is 0 Å². The van der Waals surface area contributed by atoms with Gasteiger partial charge >= 0.3 is 0 Å². The SMILES string of the molecule is CCc1ccc(S(=O)(=O)/N=C2\S/C(=C\c3cccs3)C(=O)N2CC)cc1. The zero-order valence-electron chi connectivity index (χ0n) is 14.4. The highest BCUT2D eigenvalue weighted by molar-refractivity contribution is 8.19. The van der Waals surface area contributed by atoms with Crippen LogP contribution in [0.15, 0.2) is 56.0 Å². The second-order valence-electron chi connectivity index (χ2n) is 5.52. The zero-order chi connectivity index (χ0) is 18.7. The van der Waals surface area contributed by atoms with Gasteiger partial charge in [-0.15, -0.1) is 15.7 Å². The van der Waals surface area contributed by atoms with Crippen molar-refractivity contribution in [3.8, 4) is 0 Å². The molecule has 5 nitrogen and oxygen atoms in total. The van der Waals surface area contributed by atoms with Crippen LogP contribution >= 0.6 is 23.1 Å². The van der Waals surface area contributed by atoms with Crippen molar-refractivity contribution in [1.29, 1.82) is 0 Å². The molecule has 0 aliphatic carbocycles. The second kappa shape index (κ2) is 7.77. The highest BCUT2D eigenvalue weighted by Crippen LogP contribution is 2.34. The summed E-state index contributed by atoms with van der Waals surface area (Å²) in [5.74, 6) is -0.221. The summed E-state index contributed by atoms with van der Waals surface area (Å²) in [6, 6.07) is 10.5. The summed E-state index contributed by atoms with van der Waals surface area (Å²) in [5, 5.41) is 2.12. The Bertz CT molecular complexity index is 960. The number of carbonyl (C=O) groups excluding carboxylic acids is 1. The van der Waals surface area contributed by atoms with Gasteiger partial charge in [-0.05, 0) is 60.3 Å². The number of benzene rings is 1. The van der Waals surface area contributed by atoms with E-state index in [0.29, 0.717) is 11.4 Å². The molecule has 1 aliphatic rings. The van der Waals surface area contributed by atoms with Gasteiger partial charge in [-0.2, -0.15) is 8.42 Å². The lowest BCUT2D eigenvalue weighted by Crippen LogP contribution is -2.29. The van der Waals surface area contributed by atoms with E-state index < -0.39 is 10.0 Å². The van der Waals surface area contributed by atoms with E-state index in [1.165, 1.54) is 16.2 Å². The summed E-state index contributed by atoms with van der Waals surface area (Å²) in [6.45, 7) is 4.16. The Labute approximate surface area is 161 Å². The van der Waals surface area contributed by atoms with E-state index in [9.17, 15) is 13.2 Å². The van der Waals surface area contributed by atoms with Gasteiger partial charge in [0.05, 0.1) is 9.80 Å². The van der Waals surface area contributed by atoms with Crippen molar-refractivity contribution in [1.82, 2.24) is 4.90 Å². The van der Waals surface area contributed by atoms with Gasteiger partial charge in [-0.3, -0.25) is 9.69 Å². The molecule has 0 saturated carbocycles. The van der Waals surface area contributed by atoms with Crippen LogP contribution in [0.2, 0.25) is 0 Å². The number of hydrogen-bond acceptors (Lipinski definition) is 5. The van der Waals surface area contributed by atoms with E-state index in [-0.39, 0.29) is 16.0 Å². The molecule has 0 N–H and O–H groups in total. The van der Waals surface area contributed by atoms with Gasteiger partial charge in [-0.25, -0.2) is 0 Å². The number of thioether (sulfide) groups is 1. The molecular weight excluding hydrogens is 388 g/mol. The lowest BCUT2D eigenvalue weighted by atomic mass is 10.2. The Morgan fingerprint density at radius 2 is 1.88 bits per heavy atom. The Morgan fingerprint density at radius 3 is 2.46 bits per heavy atom. The van der Waals surface area contributed by atoms with Crippen LogP contribution in [0.5, 0.6) is 0 Å². The van der Waals surface area contributed by atoms with E-state index in [0.717, 1.165) is 28.6 Å². The lowest BCUT2D eigenvalue weighted by molar-refractivity contribution is -0.122. The molecule has 2 heterocycles. The van der Waals surface area contributed by atoms with Gasteiger partial charge in [0, 0.05) is 11.4 Å². The molecule has 2 aromatic rings. The van der Waals surface area contributed by atoms with Gasteiger partial charge in [0.1, 0.15) is 0 Å². The van der Waals surface area contributed by atoms with Gasteiger partial charge in [0.15, 0.2) is 5.17 Å². The molecular formula is C18H18N2O3S3. The molecule has 0 bridgehead atoms. The quantitative estimate of drug-likeness (QED) is 0.704. The van der Waals surface area contributed by atoms with Crippen molar-refractivity contribution in [2.75, 3.05) is 6.54 Å². The maximum absolute atomic E-state index is 12.6. The van der Waals surface area contributed by atoms with Crippen LogP contribution in [0.1, 0.15) is 24.3 Å². The fourth-order valence-corrected chi connectivity index (χ4v) is 5.38. The number of rotatable bonds is 5. The number of aryl methyl sites for hydroxylation is 1. The first kappa shape index (κ1) is 18.9. The van der Waals surface area contributed by atoms with Crippen LogP contribution in [0.3, 0.4) is 0 Å². The standard InChI is InChI=1S/C18H18N2O3S3/c1-3-13-7-9-15(10-8-13)26(22,23)19-18-20(4-2)17(21)16(25-18)12-14-6-5-11-24-14/h5-12H,3-4H2,1-2H3/b16-12-,19-18-. The van der Waals surface area contributed by atoms with Crippen LogP contribution < -0.4 is 0 Å². The first-order chi connectivity index (χ1) is 12.4. The third kappa shape index (κ3) is 3.92. The second-order valence-corrected chi connectivity index (χ2v) is 9.11. The molecule has 0 radical (unpaired) electrons. The molecule has 1 aromatic heterocycles. The molecule has 26 heavy (non-hydrogen) atoms. The van der Waals surface area contributed by atoms with Gasteiger partial charge < -0.3 is 0 Å². The summed E-state index contributed by atoms with van der Waals surface area (Å²) in [6.07, 6.45) is 2.60. The van der Waals surface area contributed by atoms with Crippen molar-refractivity contribution >= 4 is 50.3 Å². The van der Waals surface area contributed by atoms with Gasteiger partial charge in [0.25, 0.3) is 15.9 Å². The monoisotopic (exact) mass is 406 g/mol. The Morgan fingerprint density at radius 1 is 1.15 bits per heavy atom. The lowest BCUT2D eigenvalue weighted by Gasteiger charge is -2.12. The Kier molecular flexibility index (Phi) is 5.64. The fraction of sp³-hybridized carbons (Fsp3) is 0.222. The molecule has 0 spiro atoms. The number of likely N-dealkylation sites (N-methyl/N-ethyl adjacent to an activating group) is 1. The van der Waals surface area contributed by atoms with Crippen molar-refractivity contribution < 1.29 is 13.2 Å². The number of amidine groups is 1. The van der Waals surface area contributed by atoms with E-state index >= 15 is 0 Å². The average molecular weight is 407 g/mol. The van der Waals surface area contributed by atoms with Crippen molar-refractivity contribution in [2.45, 2.75) is 25.2 Å². The first-order valence-electron chi connectivity index (χ1n) is 8.13. The predicted molar refractivity (Wildman–Crippen MR) is 108 cm³/mol. The molecule has 0 atom stereocenters. The van der Waals surface area contributed by atoms with E-state index in [1.807, 2.05) is 24.4 Å². The summed E-state index contributed by atoms with van der Waals surface area (Å²) in [7, 11) is -3.87. The minimum atomic E-state index is -3.87. The molecule has 1 aromatic carbocycles. The number of thiophene rings is 1. The van der Waals surface area contributed by atoms with Crippen molar-refractivity contribution in [3.63, 3.8) is 0 Å². The van der Waals surface area contributed by atoms with E-state index in [2.05, 4.69) is 4.40 Å². The largest absolute Gasteiger partial charge is 0.286 e. The number of carbonyl (C=O) groups is 1. The number of sulfonamides is 1. The van der Waals surface area contributed by atoms with Crippen LogP contribution in [0.4, 0.5) is 0 Å². The first-order valence-corrected chi connectivity index (χ1v) is 11.3.